The molecule has 1 aliphatic heterocycles. The van der Waals surface area contributed by atoms with Gasteiger partial charge < -0.3 is 5.32 Å². The molecule has 1 N–H and O–H groups in total. The molecule has 0 saturated carbocycles. The van der Waals surface area contributed by atoms with Crippen LogP contribution in [-0.2, 0) is 4.79 Å². The van der Waals surface area contributed by atoms with Crippen LogP contribution in [0.2, 0.25) is 25.2 Å². The maximum Gasteiger partial charge on any atom is 0.409 e. The maximum absolute atomic E-state index is 12.3. The number of amides is 1. The summed E-state index contributed by atoms with van der Waals surface area (Å²) < 4.78 is 36.8. The molecule has 0 unspecified atom stereocenters. The fourth-order valence-electron chi connectivity index (χ4n) is 1.55. The molecule has 0 aliphatic carbocycles. The van der Waals surface area contributed by atoms with E-state index in [1.165, 1.54) is 0 Å². The average Bonchev–Trinajstić information content (AvgIpc) is 1.75. The number of carbonyl (C=O) groups is 1. The molecule has 1 rings (SSSR count). The van der Waals surface area contributed by atoms with E-state index in [1.807, 2.05) is 5.32 Å². The molecule has 6 heteroatoms. The highest BCUT2D eigenvalue weighted by Crippen LogP contribution is 2.40. The number of β-lactam (4-membered cyclic amide) rings is 1. The maximum atomic E-state index is 12.3. The summed E-state index contributed by atoms with van der Waals surface area (Å²) in [5.74, 6) is -0.443. The van der Waals surface area contributed by atoms with Crippen molar-refractivity contribution in [1.82, 2.24) is 5.32 Å². The summed E-state index contributed by atoms with van der Waals surface area (Å²) in [4.78, 5) is 11.0. The molecule has 1 aliphatic rings. The van der Waals surface area contributed by atoms with Gasteiger partial charge in [-0.2, -0.15) is 13.2 Å². The topological polar surface area (TPSA) is 29.1 Å². The molecular formula is C7H12F3NOSi. The molecule has 0 aromatic heterocycles. The summed E-state index contributed by atoms with van der Waals surface area (Å²) in [5, 5.41) is 1.91. The minimum absolute atomic E-state index is 0.443. The predicted molar refractivity (Wildman–Crippen MR) is 45.1 cm³/mol. The van der Waals surface area contributed by atoms with Crippen LogP contribution in [0.15, 0.2) is 0 Å². The Morgan fingerprint density at radius 3 is 1.92 bits per heavy atom. The number of halogens is 3. The van der Waals surface area contributed by atoms with Crippen LogP contribution in [0.25, 0.3) is 0 Å². The zero-order valence-electron chi connectivity index (χ0n) is 7.70. The van der Waals surface area contributed by atoms with Crippen LogP contribution in [0.3, 0.4) is 0 Å². The highest BCUT2D eigenvalue weighted by Gasteiger charge is 2.59. The number of alkyl halides is 3. The van der Waals surface area contributed by atoms with Crippen LogP contribution in [0.4, 0.5) is 13.2 Å². The Kier molecular flexibility index (Phi) is 2.22. The number of rotatable bonds is 1. The summed E-state index contributed by atoms with van der Waals surface area (Å²) in [6, 6.07) is -1.60. The van der Waals surface area contributed by atoms with Gasteiger partial charge in [-0.1, -0.05) is 19.6 Å². The van der Waals surface area contributed by atoms with Crippen molar-refractivity contribution < 1.29 is 18.0 Å². The van der Waals surface area contributed by atoms with Crippen molar-refractivity contribution in [3.63, 3.8) is 0 Å². The minimum Gasteiger partial charge on any atom is -0.344 e. The van der Waals surface area contributed by atoms with E-state index in [0.717, 1.165) is 0 Å². The SMILES string of the molecule is C[Si](C)(C)[C@@H]1C(=O)N[C@H]1C(F)(F)F. The van der Waals surface area contributed by atoms with Gasteiger partial charge in [0.05, 0.1) is 13.6 Å². The van der Waals surface area contributed by atoms with E-state index in [9.17, 15) is 18.0 Å². The zero-order chi connectivity index (χ0) is 10.4. The molecule has 0 aromatic carbocycles. The first-order valence-electron chi connectivity index (χ1n) is 4.01. The second-order valence-electron chi connectivity index (χ2n) is 4.37. The minimum atomic E-state index is -4.29. The second-order valence-corrected chi connectivity index (χ2v) is 9.73. The Morgan fingerprint density at radius 2 is 1.77 bits per heavy atom. The molecule has 1 heterocycles. The molecule has 1 saturated heterocycles. The lowest BCUT2D eigenvalue weighted by atomic mass is 10.1. The highest BCUT2D eigenvalue weighted by molar-refractivity contribution is 6.81. The smallest absolute Gasteiger partial charge is 0.344 e. The second kappa shape index (κ2) is 2.73. The molecule has 2 atom stereocenters. The molecule has 0 aromatic rings. The number of hydrogen-bond acceptors (Lipinski definition) is 1. The van der Waals surface area contributed by atoms with Gasteiger partial charge in [0, 0.05) is 0 Å². The van der Waals surface area contributed by atoms with Gasteiger partial charge in [0.25, 0.3) is 0 Å². The molecular weight excluding hydrogens is 199 g/mol. The first-order valence-corrected chi connectivity index (χ1v) is 7.59. The van der Waals surface area contributed by atoms with Crippen LogP contribution in [0, 0.1) is 0 Å². The van der Waals surface area contributed by atoms with Crippen molar-refractivity contribution in [2.24, 2.45) is 0 Å². The van der Waals surface area contributed by atoms with Crippen molar-refractivity contribution in [3.05, 3.63) is 0 Å². The third-order valence-corrected chi connectivity index (χ3v) is 4.66. The van der Waals surface area contributed by atoms with E-state index < -0.39 is 31.7 Å². The lowest BCUT2D eigenvalue weighted by molar-refractivity contribution is -0.180. The van der Waals surface area contributed by atoms with Gasteiger partial charge >= 0.3 is 6.18 Å². The molecule has 13 heavy (non-hydrogen) atoms. The van der Waals surface area contributed by atoms with E-state index in [1.54, 1.807) is 19.6 Å². The lowest BCUT2D eigenvalue weighted by Gasteiger charge is -2.44. The zero-order valence-corrected chi connectivity index (χ0v) is 8.70. The summed E-state index contributed by atoms with van der Waals surface area (Å²) in [6.07, 6.45) is -4.29. The standard InChI is InChI=1S/C7H12F3NOSi/c1-13(2,3)4-5(7(8,9)10)11-6(4)12/h4-5H,1-3H3,(H,11,12)/t4-,5+/m0/s1. The summed E-state index contributed by atoms with van der Waals surface area (Å²) in [5.41, 5.74) is -0.813. The van der Waals surface area contributed by atoms with E-state index >= 15 is 0 Å². The lowest BCUT2D eigenvalue weighted by Crippen LogP contribution is -2.67. The van der Waals surface area contributed by atoms with Crippen LogP contribution >= 0.6 is 0 Å². The molecule has 1 fully saturated rings. The first kappa shape index (κ1) is 10.6. The van der Waals surface area contributed by atoms with Crippen molar-refractivity contribution in [2.45, 2.75) is 37.4 Å². The van der Waals surface area contributed by atoms with Crippen molar-refractivity contribution >= 4 is 14.0 Å². The summed E-state index contributed by atoms with van der Waals surface area (Å²) >= 11 is 0. The largest absolute Gasteiger partial charge is 0.409 e. The average molecular weight is 211 g/mol. The number of carbonyl (C=O) groups excluding carboxylic acids is 1. The van der Waals surface area contributed by atoms with Crippen LogP contribution < -0.4 is 5.32 Å². The summed E-state index contributed by atoms with van der Waals surface area (Å²) in [7, 11) is -2.04. The quantitative estimate of drug-likeness (QED) is 0.519. The molecule has 76 valence electrons. The van der Waals surface area contributed by atoms with Gasteiger partial charge in [-0.25, -0.2) is 0 Å². The van der Waals surface area contributed by atoms with Gasteiger partial charge in [-0.05, 0) is 0 Å². The van der Waals surface area contributed by atoms with E-state index in [2.05, 4.69) is 0 Å². The Labute approximate surface area is 75.5 Å². The summed E-state index contributed by atoms with van der Waals surface area (Å²) in [6.45, 7) is 5.32. The fraction of sp³-hybridized carbons (Fsp3) is 0.857. The van der Waals surface area contributed by atoms with Crippen molar-refractivity contribution in [2.75, 3.05) is 0 Å². The Morgan fingerprint density at radius 1 is 1.31 bits per heavy atom. The van der Waals surface area contributed by atoms with Crippen molar-refractivity contribution in [1.29, 1.82) is 0 Å². The monoisotopic (exact) mass is 211 g/mol. The van der Waals surface area contributed by atoms with Gasteiger partial charge in [0.1, 0.15) is 6.04 Å². The van der Waals surface area contributed by atoms with Gasteiger partial charge in [-0.15, -0.1) is 0 Å². The Hall–Kier alpha value is -0.523. The molecule has 0 bridgehead atoms. The fourth-order valence-corrected chi connectivity index (χ4v) is 3.69. The molecule has 0 spiro atoms. The Bertz CT molecular complexity index is 233. The van der Waals surface area contributed by atoms with Crippen molar-refractivity contribution in [3.8, 4) is 0 Å². The van der Waals surface area contributed by atoms with Gasteiger partial charge in [0.15, 0.2) is 0 Å². The molecule has 0 radical (unpaired) electrons. The van der Waals surface area contributed by atoms with Crippen LogP contribution in [0.1, 0.15) is 0 Å². The third kappa shape index (κ3) is 1.87. The number of nitrogens with one attached hydrogen (secondary N) is 1. The third-order valence-electron chi connectivity index (χ3n) is 2.20. The van der Waals surface area contributed by atoms with Gasteiger partial charge in [0.2, 0.25) is 5.91 Å². The molecule has 2 nitrogen and oxygen atoms in total. The van der Waals surface area contributed by atoms with Crippen LogP contribution in [0.5, 0.6) is 0 Å². The molecule has 1 amide bonds. The van der Waals surface area contributed by atoms with Crippen LogP contribution in [-0.4, -0.2) is 26.2 Å². The van der Waals surface area contributed by atoms with Gasteiger partial charge in [-0.3, -0.25) is 4.79 Å². The van der Waals surface area contributed by atoms with E-state index in [-0.39, 0.29) is 0 Å². The predicted octanol–water partition coefficient (Wildman–Crippen LogP) is 1.76. The normalized spacial score (nSPS) is 29.5. The number of hydrogen-bond donors (Lipinski definition) is 1. The van der Waals surface area contributed by atoms with E-state index in [0.29, 0.717) is 0 Å². The Balaban J connectivity index is 2.79. The highest BCUT2D eigenvalue weighted by atomic mass is 28.3. The first-order chi connectivity index (χ1) is 5.64. The van der Waals surface area contributed by atoms with E-state index in [4.69, 9.17) is 0 Å².